The van der Waals surface area contributed by atoms with E-state index in [0.29, 0.717) is 13.2 Å². The zero-order valence-electron chi connectivity index (χ0n) is 9.86. The number of nitrogens with one attached hydrogen (secondary N) is 1. The molecule has 0 aromatic rings. The maximum atomic E-state index is 11.8. The zero-order valence-corrected chi connectivity index (χ0v) is 9.86. The van der Waals surface area contributed by atoms with Crippen molar-refractivity contribution < 1.29 is 14.3 Å². The van der Waals surface area contributed by atoms with Gasteiger partial charge in [-0.2, -0.15) is 0 Å². The van der Waals surface area contributed by atoms with Crippen LogP contribution in [-0.2, 0) is 14.3 Å². The maximum absolute atomic E-state index is 11.8. The minimum absolute atomic E-state index is 0.0590. The molecule has 1 saturated heterocycles. The van der Waals surface area contributed by atoms with Gasteiger partial charge in [0.1, 0.15) is 6.04 Å². The Hall–Kier alpha value is -1.10. The first-order valence-corrected chi connectivity index (χ1v) is 5.73. The number of nitrogens with two attached hydrogens (primary N) is 1. The van der Waals surface area contributed by atoms with E-state index in [1.54, 1.807) is 0 Å². The van der Waals surface area contributed by atoms with Gasteiger partial charge in [-0.05, 0) is 12.3 Å². The number of carbonyl (C=O) groups is 2. The highest BCUT2D eigenvalue weighted by Gasteiger charge is 2.29. The molecule has 3 atom stereocenters. The van der Waals surface area contributed by atoms with Gasteiger partial charge in [0.05, 0.1) is 12.5 Å². The summed E-state index contributed by atoms with van der Waals surface area (Å²) in [6.07, 6.45) is 1.52. The number of hydrogen-bond donors (Lipinski definition) is 2. The second kappa shape index (κ2) is 5.84. The molecule has 0 radical (unpaired) electrons. The molecule has 5 heteroatoms. The topological polar surface area (TPSA) is 81.4 Å². The lowest BCUT2D eigenvalue weighted by atomic mass is 9.97. The Morgan fingerprint density at radius 2 is 2.25 bits per heavy atom. The minimum atomic E-state index is -0.571. The average Bonchev–Trinajstić information content (AvgIpc) is 2.77. The highest BCUT2D eigenvalue weighted by atomic mass is 16.5. The van der Waals surface area contributed by atoms with Crippen molar-refractivity contribution in [3.05, 3.63) is 0 Å². The van der Waals surface area contributed by atoms with Gasteiger partial charge in [0.2, 0.25) is 11.8 Å². The van der Waals surface area contributed by atoms with Gasteiger partial charge >= 0.3 is 0 Å². The first-order chi connectivity index (χ1) is 7.56. The van der Waals surface area contributed by atoms with Gasteiger partial charge < -0.3 is 15.8 Å². The average molecular weight is 228 g/mol. The van der Waals surface area contributed by atoms with E-state index in [9.17, 15) is 9.59 Å². The number of hydrogen-bond acceptors (Lipinski definition) is 3. The van der Waals surface area contributed by atoms with E-state index >= 15 is 0 Å². The van der Waals surface area contributed by atoms with Crippen LogP contribution >= 0.6 is 0 Å². The van der Waals surface area contributed by atoms with E-state index < -0.39 is 11.9 Å². The molecule has 5 nitrogen and oxygen atoms in total. The Bertz CT molecular complexity index is 262. The van der Waals surface area contributed by atoms with Crippen molar-refractivity contribution in [2.45, 2.75) is 32.7 Å². The third-order valence-corrected chi connectivity index (χ3v) is 3.12. The zero-order chi connectivity index (χ0) is 12.1. The molecule has 0 saturated carbocycles. The lowest BCUT2D eigenvalue weighted by Crippen LogP contribution is -2.50. The smallest absolute Gasteiger partial charge is 0.240 e. The summed E-state index contributed by atoms with van der Waals surface area (Å²) >= 11 is 0. The molecule has 3 N–H and O–H groups in total. The van der Waals surface area contributed by atoms with Crippen molar-refractivity contribution in [1.29, 1.82) is 0 Å². The fraction of sp³-hybridized carbons (Fsp3) is 0.818. The summed E-state index contributed by atoms with van der Waals surface area (Å²) in [6.45, 7) is 4.92. The largest absolute Gasteiger partial charge is 0.381 e. The normalized spacial score (nSPS) is 23.8. The predicted molar refractivity (Wildman–Crippen MR) is 59.5 cm³/mol. The summed E-state index contributed by atoms with van der Waals surface area (Å²) in [6, 6.07) is -0.571. The van der Waals surface area contributed by atoms with Crippen LogP contribution in [0.1, 0.15) is 26.7 Å². The summed E-state index contributed by atoms with van der Waals surface area (Å²) in [7, 11) is 0. The first kappa shape index (κ1) is 13.0. The third-order valence-electron chi connectivity index (χ3n) is 3.12. The second-order valence-corrected chi connectivity index (χ2v) is 4.33. The molecule has 0 aliphatic carbocycles. The van der Waals surface area contributed by atoms with E-state index in [4.69, 9.17) is 10.5 Å². The molecule has 1 aliphatic rings. The Morgan fingerprint density at radius 3 is 2.69 bits per heavy atom. The SMILES string of the molecule is CC[C@H](C)[C@@H](NC(=O)[C@H]1CCOC1)C(N)=O. The quantitative estimate of drug-likeness (QED) is 0.697. The lowest BCUT2D eigenvalue weighted by Gasteiger charge is -2.22. The molecule has 1 aliphatic heterocycles. The van der Waals surface area contributed by atoms with Crippen LogP contribution in [0.2, 0.25) is 0 Å². The Labute approximate surface area is 95.7 Å². The molecular formula is C11H20N2O3. The van der Waals surface area contributed by atoms with Crippen molar-refractivity contribution in [3.63, 3.8) is 0 Å². The maximum Gasteiger partial charge on any atom is 0.240 e. The number of primary amides is 1. The molecule has 1 fully saturated rings. The molecule has 16 heavy (non-hydrogen) atoms. The van der Waals surface area contributed by atoms with Gasteiger partial charge in [-0.15, -0.1) is 0 Å². The van der Waals surface area contributed by atoms with Gasteiger partial charge in [0.15, 0.2) is 0 Å². The molecule has 0 aromatic carbocycles. The van der Waals surface area contributed by atoms with Crippen LogP contribution < -0.4 is 11.1 Å². The van der Waals surface area contributed by atoms with Crippen molar-refractivity contribution in [2.24, 2.45) is 17.6 Å². The minimum Gasteiger partial charge on any atom is -0.381 e. The molecule has 1 heterocycles. The third kappa shape index (κ3) is 3.20. The summed E-state index contributed by atoms with van der Waals surface area (Å²) in [4.78, 5) is 23.0. The van der Waals surface area contributed by atoms with Gasteiger partial charge in [0, 0.05) is 6.61 Å². The molecular weight excluding hydrogens is 208 g/mol. The van der Waals surface area contributed by atoms with Crippen molar-refractivity contribution in [2.75, 3.05) is 13.2 Å². The van der Waals surface area contributed by atoms with E-state index in [-0.39, 0.29) is 17.7 Å². The Kier molecular flexibility index (Phi) is 4.73. The highest BCUT2D eigenvalue weighted by Crippen LogP contribution is 2.14. The van der Waals surface area contributed by atoms with Crippen molar-refractivity contribution in [3.8, 4) is 0 Å². The van der Waals surface area contributed by atoms with Crippen LogP contribution in [0.3, 0.4) is 0 Å². The van der Waals surface area contributed by atoms with Crippen molar-refractivity contribution in [1.82, 2.24) is 5.32 Å². The van der Waals surface area contributed by atoms with Crippen LogP contribution in [0.25, 0.3) is 0 Å². The number of amides is 2. The molecule has 0 aromatic heterocycles. The van der Waals surface area contributed by atoms with Crippen LogP contribution in [0.15, 0.2) is 0 Å². The summed E-state index contributed by atoms with van der Waals surface area (Å²) in [5.74, 6) is -0.669. The van der Waals surface area contributed by atoms with E-state index in [1.165, 1.54) is 0 Å². The summed E-state index contributed by atoms with van der Waals surface area (Å²) < 4.78 is 5.13. The first-order valence-electron chi connectivity index (χ1n) is 5.73. The van der Waals surface area contributed by atoms with Gasteiger partial charge in [0.25, 0.3) is 0 Å². The van der Waals surface area contributed by atoms with E-state index in [0.717, 1.165) is 12.8 Å². The summed E-state index contributed by atoms with van der Waals surface area (Å²) in [5, 5.41) is 2.72. The highest BCUT2D eigenvalue weighted by molar-refractivity contribution is 5.87. The van der Waals surface area contributed by atoms with Gasteiger partial charge in [-0.25, -0.2) is 0 Å². The van der Waals surface area contributed by atoms with Gasteiger partial charge in [-0.1, -0.05) is 20.3 Å². The summed E-state index contributed by atoms with van der Waals surface area (Å²) in [5.41, 5.74) is 5.28. The predicted octanol–water partition coefficient (Wildman–Crippen LogP) is 0.0391. The molecule has 92 valence electrons. The lowest BCUT2D eigenvalue weighted by molar-refractivity contribution is -0.130. The van der Waals surface area contributed by atoms with Crippen molar-refractivity contribution >= 4 is 11.8 Å². The van der Waals surface area contributed by atoms with Gasteiger partial charge in [-0.3, -0.25) is 9.59 Å². The van der Waals surface area contributed by atoms with Crippen LogP contribution in [-0.4, -0.2) is 31.1 Å². The van der Waals surface area contributed by atoms with Crippen LogP contribution in [0.4, 0.5) is 0 Å². The van der Waals surface area contributed by atoms with E-state index in [1.807, 2.05) is 13.8 Å². The fourth-order valence-electron chi connectivity index (χ4n) is 1.74. The molecule has 0 bridgehead atoms. The van der Waals surface area contributed by atoms with E-state index in [2.05, 4.69) is 5.32 Å². The number of carbonyl (C=O) groups excluding carboxylic acids is 2. The number of rotatable bonds is 5. The fourth-order valence-corrected chi connectivity index (χ4v) is 1.74. The van der Waals surface area contributed by atoms with Crippen LogP contribution in [0, 0.1) is 11.8 Å². The molecule has 2 amide bonds. The second-order valence-electron chi connectivity index (χ2n) is 4.33. The monoisotopic (exact) mass is 228 g/mol. The number of ether oxygens (including phenoxy) is 1. The standard InChI is InChI=1S/C11H20N2O3/c1-3-7(2)9(10(12)14)13-11(15)8-4-5-16-6-8/h7-9H,3-6H2,1-2H3,(H2,12,14)(H,13,15)/t7-,8-,9+/m0/s1. The molecule has 1 rings (SSSR count). The Morgan fingerprint density at radius 1 is 1.56 bits per heavy atom. The Balaban J connectivity index is 2.53. The molecule has 0 spiro atoms. The molecule has 0 unspecified atom stereocenters. The van der Waals surface area contributed by atoms with Crippen LogP contribution in [0.5, 0.6) is 0 Å².